The molecule has 5 nitrogen and oxygen atoms in total. The predicted molar refractivity (Wildman–Crippen MR) is 84.8 cm³/mol. The van der Waals surface area contributed by atoms with E-state index in [4.69, 9.17) is 9.47 Å². The molecule has 3 rings (SSSR count). The summed E-state index contributed by atoms with van der Waals surface area (Å²) in [4.78, 5) is 16.1. The third kappa shape index (κ3) is 3.94. The summed E-state index contributed by atoms with van der Waals surface area (Å²) in [5.41, 5.74) is 0.111. The van der Waals surface area contributed by atoms with E-state index in [0.717, 1.165) is 0 Å². The second-order valence-corrected chi connectivity index (χ2v) is 5.92. The summed E-state index contributed by atoms with van der Waals surface area (Å²) in [6.07, 6.45) is 1.02. The number of amides is 1. The van der Waals surface area contributed by atoms with Crippen LogP contribution >= 0.6 is 11.8 Å². The first-order valence-corrected chi connectivity index (χ1v) is 8.08. The molecule has 8 heteroatoms. The molecule has 0 bridgehead atoms. The Balaban J connectivity index is 1.61. The maximum Gasteiger partial charge on any atom is 0.290 e. The molecule has 1 aromatic heterocycles. The molecule has 0 saturated heterocycles. The fourth-order valence-corrected chi connectivity index (χ4v) is 2.79. The molecule has 0 fully saturated rings. The third-order valence-corrected chi connectivity index (χ3v) is 4.00. The van der Waals surface area contributed by atoms with Crippen molar-refractivity contribution in [3.05, 3.63) is 48.2 Å². The number of nitrogens with one attached hydrogen (secondary N) is 1. The van der Waals surface area contributed by atoms with E-state index in [9.17, 15) is 13.6 Å². The zero-order valence-corrected chi connectivity index (χ0v) is 13.3. The van der Waals surface area contributed by atoms with Gasteiger partial charge in [-0.1, -0.05) is 12.1 Å². The van der Waals surface area contributed by atoms with Gasteiger partial charge in [-0.3, -0.25) is 4.79 Å². The van der Waals surface area contributed by atoms with E-state index in [1.807, 2.05) is 12.1 Å². The van der Waals surface area contributed by atoms with E-state index >= 15 is 0 Å². The number of hydrogen-bond acceptors (Lipinski definition) is 5. The van der Waals surface area contributed by atoms with Gasteiger partial charge in [0.15, 0.2) is 11.5 Å². The van der Waals surface area contributed by atoms with Crippen LogP contribution in [-0.4, -0.2) is 35.9 Å². The molecule has 2 heterocycles. The molecule has 0 radical (unpaired) electrons. The Bertz CT molecular complexity index is 730. The smallest absolute Gasteiger partial charge is 0.290 e. The molecule has 126 valence electrons. The van der Waals surface area contributed by atoms with Gasteiger partial charge < -0.3 is 14.8 Å². The van der Waals surface area contributed by atoms with Crippen LogP contribution in [0.3, 0.4) is 0 Å². The first-order chi connectivity index (χ1) is 11.6. The zero-order valence-electron chi connectivity index (χ0n) is 12.4. The maximum absolute atomic E-state index is 12.5. The van der Waals surface area contributed by atoms with E-state index in [0.29, 0.717) is 18.1 Å². The first kappa shape index (κ1) is 16.5. The molecule has 1 N–H and O–H groups in total. The van der Waals surface area contributed by atoms with E-state index in [-0.39, 0.29) is 35.0 Å². The number of alkyl halides is 2. The van der Waals surface area contributed by atoms with Crippen LogP contribution in [0.5, 0.6) is 11.5 Å². The van der Waals surface area contributed by atoms with Gasteiger partial charge in [-0.05, 0) is 36.0 Å². The highest BCUT2D eigenvalue weighted by atomic mass is 32.2. The largest absolute Gasteiger partial charge is 0.486 e. The number of para-hydroxylation sites is 2. The van der Waals surface area contributed by atoms with Crippen molar-refractivity contribution in [2.24, 2.45) is 0 Å². The molecular weight excluding hydrogens is 338 g/mol. The molecule has 0 saturated carbocycles. The average molecular weight is 352 g/mol. The van der Waals surface area contributed by atoms with Gasteiger partial charge in [0.2, 0.25) is 0 Å². The summed E-state index contributed by atoms with van der Waals surface area (Å²) < 4.78 is 36.4. The van der Waals surface area contributed by atoms with Crippen molar-refractivity contribution >= 4 is 17.7 Å². The van der Waals surface area contributed by atoms with Gasteiger partial charge in [-0.2, -0.15) is 8.78 Å². The number of carbonyl (C=O) groups excluding carboxylic acids is 1. The first-order valence-electron chi connectivity index (χ1n) is 7.20. The number of rotatable bonds is 5. The Morgan fingerprint density at radius 1 is 1.29 bits per heavy atom. The summed E-state index contributed by atoms with van der Waals surface area (Å²) in [5.74, 6) is -1.85. The van der Waals surface area contributed by atoms with Gasteiger partial charge in [0.05, 0.1) is 12.1 Å². The third-order valence-electron chi connectivity index (χ3n) is 3.27. The second-order valence-electron chi connectivity index (χ2n) is 4.94. The SMILES string of the molecule is O=C(NC[C@H]1COc2ccccc2O1)c1cccnc1SC(F)F. The maximum atomic E-state index is 12.5. The van der Waals surface area contributed by atoms with Gasteiger partial charge in [0.1, 0.15) is 17.7 Å². The summed E-state index contributed by atoms with van der Waals surface area (Å²) in [6, 6.07) is 10.2. The van der Waals surface area contributed by atoms with Crippen molar-refractivity contribution in [2.45, 2.75) is 16.9 Å². The number of nitrogens with zero attached hydrogens (tertiary/aromatic N) is 1. The molecule has 0 unspecified atom stereocenters. The molecular formula is C16H14F2N2O3S. The van der Waals surface area contributed by atoms with E-state index in [1.54, 1.807) is 12.1 Å². The zero-order chi connectivity index (χ0) is 16.9. The van der Waals surface area contributed by atoms with Gasteiger partial charge in [0.25, 0.3) is 11.7 Å². The van der Waals surface area contributed by atoms with Gasteiger partial charge in [0, 0.05) is 6.20 Å². The van der Waals surface area contributed by atoms with E-state index < -0.39 is 11.7 Å². The Morgan fingerprint density at radius 2 is 2.08 bits per heavy atom. The van der Waals surface area contributed by atoms with Crippen molar-refractivity contribution in [1.82, 2.24) is 10.3 Å². The number of benzene rings is 1. The van der Waals surface area contributed by atoms with Crippen molar-refractivity contribution in [3.8, 4) is 11.5 Å². The number of ether oxygens (including phenoxy) is 2. The topological polar surface area (TPSA) is 60.5 Å². The highest BCUT2D eigenvalue weighted by Crippen LogP contribution is 2.30. The number of carbonyl (C=O) groups is 1. The molecule has 1 amide bonds. The Kier molecular flexibility index (Phi) is 5.14. The second kappa shape index (κ2) is 7.48. The van der Waals surface area contributed by atoms with Crippen molar-refractivity contribution in [3.63, 3.8) is 0 Å². The highest BCUT2D eigenvalue weighted by Gasteiger charge is 2.22. The van der Waals surface area contributed by atoms with Crippen LogP contribution in [0.1, 0.15) is 10.4 Å². The molecule has 0 aliphatic carbocycles. The number of hydrogen-bond donors (Lipinski definition) is 1. The lowest BCUT2D eigenvalue weighted by Crippen LogP contribution is -2.40. The number of pyridine rings is 1. The molecule has 24 heavy (non-hydrogen) atoms. The predicted octanol–water partition coefficient (Wildman–Crippen LogP) is 2.97. The van der Waals surface area contributed by atoms with Crippen LogP contribution in [0.4, 0.5) is 8.78 Å². The summed E-state index contributed by atoms with van der Waals surface area (Å²) >= 11 is 0.244. The van der Waals surface area contributed by atoms with Crippen LogP contribution in [0.25, 0.3) is 0 Å². The Hall–Kier alpha value is -2.35. The number of thioether (sulfide) groups is 1. The fourth-order valence-electron chi connectivity index (χ4n) is 2.21. The molecule has 0 spiro atoms. The van der Waals surface area contributed by atoms with E-state index in [2.05, 4.69) is 10.3 Å². The standard InChI is InChI=1S/C16H14F2N2O3S/c17-16(18)24-15-11(4-3-7-19-15)14(21)20-8-10-9-22-12-5-1-2-6-13(12)23-10/h1-7,10,16H,8-9H2,(H,20,21)/t10-/m0/s1. The number of aromatic nitrogens is 1. The van der Waals surface area contributed by atoms with Crippen molar-refractivity contribution < 1.29 is 23.0 Å². The number of halogens is 2. The fraction of sp³-hybridized carbons (Fsp3) is 0.250. The van der Waals surface area contributed by atoms with Crippen molar-refractivity contribution in [1.29, 1.82) is 0 Å². The minimum atomic E-state index is -2.64. The van der Waals surface area contributed by atoms with Crippen LogP contribution in [0.2, 0.25) is 0 Å². The molecule has 2 aromatic rings. The lowest BCUT2D eigenvalue weighted by Gasteiger charge is -2.26. The monoisotopic (exact) mass is 352 g/mol. The summed E-state index contributed by atoms with van der Waals surface area (Å²) in [7, 11) is 0. The Labute approximate surface area is 141 Å². The van der Waals surface area contributed by atoms with Gasteiger partial charge in [-0.25, -0.2) is 4.98 Å². The van der Waals surface area contributed by atoms with Crippen LogP contribution in [0.15, 0.2) is 47.6 Å². The van der Waals surface area contributed by atoms with Gasteiger partial charge in [-0.15, -0.1) is 0 Å². The number of fused-ring (bicyclic) bond motifs is 1. The molecule has 1 aromatic carbocycles. The van der Waals surface area contributed by atoms with Gasteiger partial charge >= 0.3 is 0 Å². The summed E-state index contributed by atoms with van der Waals surface area (Å²) in [6.45, 7) is 0.490. The lowest BCUT2D eigenvalue weighted by molar-refractivity contribution is 0.0787. The van der Waals surface area contributed by atoms with Crippen LogP contribution < -0.4 is 14.8 Å². The Morgan fingerprint density at radius 3 is 2.88 bits per heavy atom. The van der Waals surface area contributed by atoms with Crippen LogP contribution in [-0.2, 0) is 0 Å². The van der Waals surface area contributed by atoms with Crippen LogP contribution in [0, 0.1) is 0 Å². The average Bonchev–Trinajstić information content (AvgIpc) is 2.59. The quantitative estimate of drug-likeness (QED) is 0.839. The van der Waals surface area contributed by atoms with E-state index in [1.165, 1.54) is 18.3 Å². The van der Waals surface area contributed by atoms with Crippen molar-refractivity contribution in [2.75, 3.05) is 13.2 Å². The lowest BCUT2D eigenvalue weighted by atomic mass is 10.2. The molecule has 1 aliphatic rings. The minimum Gasteiger partial charge on any atom is -0.486 e. The summed E-state index contributed by atoms with van der Waals surface area (Å²) in [5, 5.41) is 2.67. The highest BCUT2D eigenvalue weighted by molar-refractivity contribution is 7.99. The normalized spacial score (nSPS) is 16.0. The molecule has 1 atom stereocenters. The molecule has 1 aliphatic heterocycles. The minimum absolute atomic E-state index is 0.00356.